The van der Waals surface area contributed by atoms with E-state index in [1.54, 1.807) is 6.92 Å². The summed E-state index contributed by atoms with van der Waals surface area (Å²) in [6.07, 6.45) is 12.0. The second-order valence-corrected chi connectivity index (χ2v) is 17.7. The van der Waals surface area contributed by atoms with Gasteiger partial charge < -0.3 is 24.5 Å². The van der Waals surface area contributed by atoms with Crippen molar-refractivity contribution >= 4 is 57.0 Å². The van der Waals surface area contributed by atoms with Crippen molar-refractivity contribution in [2.45, 2.75) is 138 Å². The van der Waals surface area contributed by atoms with E-state index in [4.69, 9.17) is 19.4 Å². The number of allylic oxidation sites excluding steroid dienone is 3. The third kappa shape index (κ3) is 8.45. The molecule has 0 spiro atoms. The van der Waals surface area contributed by atoms with Gasteiger partial charge in [-0.05, 0) is 112 Å². The van der Waals surface area contributed by atoms with E-state index in [2.05, 4.69) is 58.1 Å². The molecule has 0 saturated carbocycles. The lowest BCUT2D eigenvalue weighted by atomic mass is 9.82. The summed E-state index contributed by atoms with van der Waals surface area (Å²) < 4.78 is 10.8. The largest absolute Gasteiger partial charge is 0.466 e. The fourth-order valence-electron chi connectivity index (χ4n) is 9.32. The maximum atomic E-state index is 14.4. The van der Waals surface area contributed by atoms with Crippen molar-refractivity contribution in [3.8, 4) is 0 Å². The molecule has 2 aliphatic heterocycles. The Morgan fingerprint density at radius 3 is 2.35 bits per heavy atom. The number of hydrogen-bond donors (Lipinski definition) is 3. The van der Waals surface area contributed by atoms with Gasteiger partial charge in [-0.1, -0.05) is 78.5 Å². The van der Waals surface area contributed by atoms with Crippen LogP contribution in [0.2, 0.25) is 0 Å². The predicted octanol–water partition coefficient (Wildman–Crippen LogP) is 11.3. The number of ketones is 1. The molecule has 0 radical (unpaired) electrons. The zero-order chi connectivity index (χ0) is 43.6. The van der Waals surface area contributed by atoms with E-state index in [1.807, 2.05) is 44.2 Å². The van der Waals surface area contributed by atoms with Crippen LogP contribution in [0.5, 0.6) is 0 Å². The molecule has 10 nitrogen and oxygen atoms in total. The van der Waals surface area contributed by atoms with Crippen molar-refractivity contribution < 1.29 is 29.0 Å². The Labute approximate surface area is 355 Å². The molecule has 1 aliphatic carbocycles. The van der Waals surface area contributed by atoms with Crippen LogP contribution < -0.4 is 0 Å². The van der Waals surface area contributed by atoms with Crippen LogP contribution in [0.1, 0.15) is 173 Å². The van der Waals surface area contributed by atoms with Gasteiger partial charge in [-0.25, -0.2) is 9.78 Å². The number of fused-ring (bicyclic) bond motifs is 8. The predicted molar refractivity (Wildman–Crippen MR) is 240 cm³/mol. The topological polar surface area (TPSA) is 147 Å². The fraction of sp³-hybridized carbons (Fsp3) is 0.500. The van der Waals surface area contributed by atoms with Crippen molar-refractivity contribution in [1.82, 2.24) is 19.9 Å². The highest BCUT2D eigenvalue weighted by atomic mass is 16.5. The molecule has 3 N–H and O–H groups in total. The van der Waals surface area contributed by atoms with Gasteiger partial charge in [-0.3, -0.25) is 14.6 Å². The Balaban J connectivity index is 1.39. The molecule has 3 aromatic rings. The minimum Gasteiger partial charge on any atom is -0.466 e. The first-order valence-corrected chi connectivity index (χ1v) is 21.8. The number of esters is 2. The zero-order valence-corrected chi connectivity index (χ0v) is 37.4. The van der Waals surface area contributed by atoms with Gasteiger partial charge in [0.15, 0.2) is 0 Å². The van der Waals surface area contributed by atoms with Gasteiger partial charge in [0, 0.05) is 51.6 Å². The van der Waals surface area contributed by atoms with E-state index < -0.39 is 23.3 Å². The van der Waals surface area contributed by atoms with Crippen molar-refractivity contribution in [2.75, 3.05) is 13.7 Å². The number of methoxy groups -OCH3 is 1. The van der Waals surface area contributed by atoms with Gasteiger partial charge in [-0.15, -0.1) is 0 Å². The number of aromatic nitrogens is 4. The number of carbonyl (C=O) groups is 3. The quantitative estimate of drug-likeness (QED) is 0.0735. The molecule has 5 heterocycles. The van der Waals surface area contributed by atoms with E-state index in [0.717, 1.165) is 77.0 Å². The lowest BCUT2D eigenvalue weighted by Crippen LogP contribution is -2.42. The number of carbonyl (C=O) groups excluding carboxylic acids is 3. The van der Waals surface area contributed by atoms with Crippen LogP contribution >= 0.6 is 0 Å². The first kappa shape index (κ1) is 44.5. The fourth-order valence-corrected chi connectivity index (χ4v) is 9.32. The number of Topliss-reactive ketones (excluding diaryl/α,β-unsaturated/α-hetero) is 1. The second-order valence-electron chi connectivity index (χ2n) is 17.7. The molecule has 320 valence electrons. The van der Waals surface area contributed by atoms with Gasteiger partial charge >= 0.3 is 11.9 Å². The lowest BCUT2D eigenvalue weighted by molar-refractivity contribution is -0.157. The number of hydrogen-bond acceptors (Lipinski definition) is 8. The maximum absolute atomic E-state index is 14.4. The Morgan fingerprint density at radius 2 is 1.67 bits per heavy atom. The second kappa shape index (κ2) is 18.3. The molecule has 3 aromatic heterocycles. The molecule has 0 saturated heterocycles. The molecule has 60 heavy (non-hydrogen) atoms. The van der Waals surface area contributed by atoms with Crippen LogP contribution in [0.4, 0.5) is 0 Å². The van der Waals surface area contributed by atoms with Crippen molar-refractivity contribution in [3.63, 3.8) is 0 Å². The van der Waals surface area contributed by atoms with Crippen LogP contribution in [-0.4, -0.2) is 56.5 Å². The van der Waals surface area contributed by atoms with E-state index in [-0.39, 0.29) is 36.0 Å². The van der Waals surface area contributed by atoms with Crippen molar-refractivity contribution in [2.24, 2.45) is 11.8 Å². The van der Waals surface area contributed by atoms with Crippen LogP contribution in [0.3, 0.4) is 0 Å². The standard InChI is InChI=1S/C50H64N4O6/c1-12-34-30(7)37-24-39-32(9)36(20-21-43(55)60-23-22-29(6)19-15-18-28(5)17-14-16-27(3)4)46(53-39)45-47-44(48(56)50(45,58)49(57)59-11)33(10)40(54-47)26-42-35(13-2)31(8)38(52-42)25-41(34)51-37/h12,22,24-28,32,36,51,54,58H,1,13-21,23H2,2-11H3/b29-22+,37-24?,38-25?,39-24?,40-26?,41-25?,42-26?,46-45?/t28?,32-,36-,50-/m0/s1. The van der Waals surface area contributed by atoms with Crippen LogP contribution in [-0.2, 0) is 24.7 Å². The normalized spacial score (nSPS) is 19.3. The smallest absolute Gasteiger partial charge is 0.351 e. The summed E-state index contributed by atoms with van der Waals surface area (Å²) in [6.45, 7) is 23.3. The highest BCUT2D eigenvalue weighted by Crippen LogP contribution is 2.49. The summed E-state index contributed by atoms with van der Waals surface area (Å²) in [5, 5.41) is 12.3. The number of nitrogens with one attached hydrogen (secondary N) is 2. The van der Waals surface area contributed by atoms with Crippen molar-refractivity contribution in [1.29, 1.82) is 0 Å². The number of H-pyrrole nitrogens is 2. The summed E-state index contributed by atoms with van der Waals surface area (Å²) in [5.74, 6) is -1.52. The van der Waals surface area contributed by atoms with Gasteiger partial charge in [-0.2, -0.15) is 0 Å². The molecule has 10 heteroatoms. The number of nitrogens with zero attached hydrogens (tertiary/aromatic N) is 2. The average molecular weight is 817 g/mol. The molecule has 6 rings (SSSR count). The summed E-state index contributed by atoms with van der Waals surface area (Å²) in [6, 6.07) is 5.94. The first-order chi connectivity index (χ1) is 28.5. The number of aromatic amines is 2. The molecule has 3 aliphatic rings. The van der Waals surface area contributed by atoms with Crippen LogP contribution in [0, 0.1) is 25.7 Å². The van der Waals surface area contributed by atoms with Gasteiger partial charge in [0.2, 0.25) is 5.78 Å². The third-order valence-corrected chi connectivity index (χ3v) is 13.1. The van der Waals surface area contributed by atoms with Crippen molar-refractivity contribution in [3.05, 3.63) is 87.0 Å². The summed E-state index contributed by atoms with van der Waals surface area (Å²) >= 11 is 0. The molecule has 1 unspecified atom stereocenters. The Hall–Kier alpha value is -5.09. The number of aryl methyl sites for hydroxylation is 2. The minimum absolute atomic E-state index is 0.0534. The lowest BCUT2D eigenvalue weighted by Gasteiger charge is -2.23. The highest BCUT2D eigenvalue weighted by molar-refractivity contribution is 6.26. The first-order valence-electron chi connectivity index (χ1n) is 21.8. The molecule has 4 atom stereocenters. The SMILES string of the molecule is C=Cc1c(C)c2cc3nc(c4c5[nH]c(cc6nc(cc1[nH]2)C(C)=C6CC)c(C)c5C(=O)[C@]4(O)C(=O)OC)[C@@H](CCC(=O)OC/C=C(\C)CCCC(C)CCCC(C)C)[C@@H]3C. The summed E-state index contributed by atoms with van der Waals surface area (Å²) in [7, 11) is 1.15. The molecule has 0 fully saturated rings. The van der Waals surface area contributed by atoms with E-state index >= 15 is 0 Å². The monoisotopic (exact) mass is 816 g/mol. The number of aliphatic hydroxyl groups is 1. The number of rotatable bonds is 16. The van der Waals surface area contributed by atoms with E-state index in [1.165, 1.54) is 31.3 Å². The molecular formula is C50H64N4O6. The molecular weight excluding hydrogens is 753 g/mol. The van der Waals surface area contributed by atoms with E-state index in [0.29, 0.717) is 40.3 Å². The third-order valence-electron chi connectivity index (χ3n) is 13.1. The Bertz CT molecular complexity index is 2430. The van der Waals surface area contributed by atoms with Gasteiger partial charge in [0.1, 0.15) is 6.61 Å². The van der Waals surface area contributed by atoms with Gasteiger partial charge in [0.25, 0.3) is 5.60 Å². The van der Waals surface area contributed by atoms with E-state index in [9.17, 15) is 19.5 Å². The Morgan fingerprint density at radius 1 is 0.967 bits per heavy atom. The molecule has 0 amide bonds. The zero-order valence-electron chi connectivity index (χ0n) is 37.4. The van der Waals surface area contributed by atoms with Crippen LogP contribution in [0.15, 0.2) is 36.4 Å². The molecule has 0 aromatic carbocycles. The van der Waals surface area contributed by atoms with Gasteiger partial charge in [0.05, 0.1) is 35.3 Å². The molecule has 8 bridgehead atoms. The van der Waals surface area contributed by atoms with Crippen LogP contribution in [0.25, 0.3) is 39.3 Å². The maximum Gasteiger partial charge on any atom is 0.351 e. The summed E-state index contributed by atoms with van der Waals surface area (Å²) in [5.41, 5.74) is 8.64. The number of ether oxygens (including phenoxy) is 2. The average Bonchev–Trinajstić information content (AvgIpc) is 3.93. The Kier molecular flexibility index (Phi) is 13.5. The summed E-state index contributed by atoms with van der Waals surface area (Å²) in [4.78, 5) is 58.6. The minimum atomic E-state index is -2.65. The highest BCUT2D eigenvalue weighted by Gasteiger charge is 2.57.